The molecule has 29 heavy (non-hydrogen) atoms. The van der Waals surface area contributed by atoms with Crippen molar-refractivity contribution in [1.82, 2.24) is 14.9 Å². The highest BCUT2D eigenvalue weighted by atomic mass is 16.5. The van der Waals surface area contributed by atoms with Gasteiger partial charge in [0, 0.05) is 19.5 Å². The molecule has 1 aliphatic rings. The van der Waals surface area contributed by atoms with E-state index in [0.717, 1.165) is 18.5 Å². The number of carbonyl (C=O) groups excluding carboxylic acids is 2. The molecule has 1 aromatic heterocycles. The monoisotopic (exact) mass is 391 g/mol. The normalized spacial score (nSPS) is 14.9. The van der Waals surface area contributed by atoms with E-state index in [1.807, 2.05) is 17.0 Å². The van der Waals surface area contributed by atoms with E-state index in [9.17, 15) is 14.4 Å². The van der Waals surface area contributed by atoms with Crippen LogP contribution in [0.15, 0.2) is 53.3 Å². The second kappa shape index (κ2) is 7.87. The van der Waals surface area contributed by atoms with Crippen molar-refractivity contribution >= 4 is 22.8 Å². The number of hydrogen-bond donors (Lipinski definition) is 1. The quantitative estimate of drug-likeness (QED) is 0.675. The highest BCUT2D eigenvalue weighted by molar-refractivity contribution is 5.89. The second-order valence-corrected chi connectivity index (χ2v) is 7.13. The molecule has 4 rings (SSSR count). The third-order valence-corrected chi connectivity index (χ3v) is 5.03. The van der Waals surface area contributed by atoms with Crippen molar-refractivity contribution in [3.05, 3.63) is 75.8 Å². The van der Waals surface area contributed by atoms with Crippen molar-refractivity contribution in [3.63, 3.8) is 0 Å². The van der Waals surface area contributed by atoms with Crippen LogP contribution in [0.2, 0.25) is 0 Å². The van der Waals surface area contributed by atoms with E-state index in [4.69, 9.17) is 4.74 Å². The molecule has 0 radical (unpaired) electrons. The number of hydrogen-bond acceptors (Lipinski definition) is 5. The van der Waals surface area contributed by atoms with Crippen molar-refractivity contribution in [2.24, 2.45) is 0 Å². The molecular weight excluding hydrogens is 370 g/mol. The summed E-state index contributed by atoms with van der Waals surface area (Å²) in [6, 6.07) is 14.0. The van der Waals surface area contributed by atoms with Gasteiger partial charge < -0.3 is 14.6 Å². The van der Waals surface area contributed by atoms with E-state index < -0.39 is 12.1 Å². The van der Waals surface area contributed by atoms with Gasteiger partial charge in [-0.05, 0) is 43.2 Å². The van der Waals surface area contributed by atoms with E-state index in [2.05, 4.69) is 9.97 Å². The lowest BCUT2D eigenvalue weighted by atomic mass is 10.1. The first-order valence-corrected chi connectivity index (χ1v) is 9.58. The summed E-state index contributed by atoms with van der Waals surface area (Å²) >= 11 is 0. The highest BCUT2D eigenvalue weighted by Crippen LogP contribution is 2.18. The Kier molecular flexibility index (Phi) is 5.12. The largest absolute Gasteiger partial charge is 0.451 e. The summed E-state index contributed by atoms with van der Waals surface area (Å²) in [5.41, 5.74) is 1.64. The third kappa shape index (κ3) is 4.03. The first-order chi connectivity index (χ1) is 14.0. The molecule has 0 saturated carbocycles. The fourth-order valence-corrected chi connectivity index (χ4v) is 3.42. The molecule has 1 atom stereocenters. The number of ether oxygens (including phenoxy) is 1. The molecule has 1 N–H and O–H groups in total. The number of nitrogens with one attached hydrogen (secondary N) is 1. The molecule has 2 aromatic carbocycles. The Balaban J connectivity index is 1.44. The van der Waals surface area contributed by atoms with Crippen LogP contribution >= 0.6 is 0 Å². The number of likely N-dealkylation sites (tertiary alicyclic amines) is 1. The van der Waals surface area contributed by atoms with Crippen LogP contribution in [-0.2, 0) is 16.1 Å². The number of carbonyl (C=O) groups is 2. The molecule has 0 aliphatic carbocycles. The van der Waals surface area contributed by atoms with Crippen LogP contribution in [0.3, 0.4) is 0 Å². The van der Waals surface area contributed by atoms with Gasteiger partial charge in [0.05, 0.1) is 16.5 Å². The number of nitrogens with zero attached hydrogens (tertiary/aromatic N) is 2. The maximum atomic E-state index is 12.5. The standard InChI is InChI=1S/C22H21N3O4/c1-14(20-23-18-6-3-2-5-17(18)21(27)24-20)29-22(28)16-10-8-15(9-11-16)13-25-12-4-7-19(25)26/h2-3,5-6,8-11,14H,4,7,12-13H2,1H3,(H,23,24,27). The van der Waals surface area contributed by atoms with E-state index in [1.54, 1.807) is 43.3 Å². The van der Waals surface area contributed by atoms with Gasteiger partial charge in [0.2, 0.25) is 5.91 Å². The zero-order valence-electron chi connectivity index (χ0n) is 16.1. The van der Waals surface area contributed by atoms with Crippen molar-refractivity contribution in [2.75, 3.05) is 6.54 Å². The molecule has 1 unspecified atom stereocenters. The molecule has 2 heterocycles. The Labute approximate surface area is 167 Å². The lowest BCUT2D eigenvalue weighted by Crippen LogP contribution is -2.23. The minimum atomic E-state index is -0.707. The van der Waals surface area contributed by atoms with Crippen molar-refractivity contribution < 1.29 is 14.3 Å². The number of H-pyrrole nitrogens is 1. The molecular formula is C22H21N3O4. The SMILES string of the molecule is CC(OC(=O)c1ccc(CN2CCCC2=O)cc1)c1nc2ccccc2c(=O)[nH]1. The van der Waals surface area contributed by atoms with Crippen molar-refractivity contribution in [2.45, 2.75) is 32.4 Å². The molecule has 1 aliphatic heterocycles. The van der Waals surface area contributed by atoms with Crippen LogP contribution in [0.5, 0.6) is 0 Å². The van der Waals surface area contributed by atoms with Gasteiger partial charge in [0.15, 0.2) is 11.9 Å². The van der Waals surface area contributed by atoms with Crippen LogP contribution < -0.4 is 5.56 Å². The summed E-state index contributed by atoms with van der Waals surface area (Å²) in [4.78, 5) is 45.3. The van der Waals surface area contributed by atoms with Gasteiger partial charge in [-0.2, -0.15) is 0 Å². The number of aromatic nitrogens is 2. The third-order valence-electron chi connectivity index (χ3n) is 5.03. The zero-order chi connectivity index (χ0) is 20.4. The maximum Gasteiger partial charge on any atom is 0.338 e. The number of benzene rings is 2. The smallest absolute Gasteiger partial charge is 0.338 e. The molecule has 1 fully saturated rings. The van der Waals surface area contributed by atoms with Crippen LogP contribution in [0, 0.1) is 0 Å². The van der Waals surface area contributed by atoms with Crippen LogP contribution in [0.25, 0.3) is 10.9 Å². The number of aromatic amines is 1. The lowest BCUT2D eigenvalue weighted by molar-refractivity contribution is -0.128. The lowest BCUT2D eigenvalue weighted by Gasteiger charge is -2.16. The topological polar surface area (TPSA) is 92.4 Å². The Morgan fingerprint density at radius 2 is 1.93 bits per heavy atom. The fraction of sp³-hybridized carbons (Fsp3) is 0.273. The van der Waals surface area contributed by atoms with Crippen LogP contribution in [0.1, 0.15) is 47.6 Å². The van der Waals surface area contributed by atoms with E-state index >= 15 is 0 Å². The molecule has 3 aromatic rings. The van der Waals surface area contributed by atoms with Crippen LogP contribution in [-0.4, -0.2) is 33.3 Å². The predicted octanol–water partition coefficient (Wildman–Crippen LogP) is 2.96. The summed E-state index contributed by atoms with van der Waals surface area (Å²) in [6.45, 7) is 2.99. The predicted molar refractivity (Wildman–Crippen MR) is 107 cm³/mol. The summed E-state index contributed by atoms with van der Waals surface area (Å²) in [5.74, 6) is -0.0393. The Hall–Kier alpha value is -3.48. The van der Waals surface area contributed by atoms with Crippen LogP contribution in [0.4, 0.5) is 0 Å². The van der Waals surface area contributed by atoms with Gasteiger partial charge in [-0.3, -0.25) is 9.59 Å². The summed E-state index contributed by atoms with van der Waals surface area (Å²) in [6.07, 6.45) is 0.792. The number of para-hydroxylation sites is 1. The Bertz CT molecular complexity index is 1120. The number of rotatable bonds is 5. The Morgan fingerprint density at radius 1 is 1.17 bits per heavy atom. The first-order valence-electron chi connectivity index (χ1n) is 9.58. The van der Waals surface area contributed by atoms with Crippen molar-refractivity contribution in [1.29, 1.82) is 0 Å². The van der Waals surface area contributed by atoms with E-state index in [0.29, 0.717) is 35.3 Å². The van der Waals surface area contributed by atoms with E-state index in [1.165, 1.54) is 0 Å². The summed E-state index contributed by atoms with van der Waals surface area (Å²) in [5, 5.41) is 0.488. The highest BCUT2D eigenvalue weighted by Gasteiger charge is 2.20. The molecule has 0 bridgehead atoms. The first kappa shape index (κ1) is 18.9. The zero-order valence-corrected chi connectivity index (χ0v) is 16.1. The van der Waals surface area contributed by atoms with Gasteiger partial charge in [-0.15, -0.1) is 0 Å². The van der Waals surface area contributed by atoms with Gasteiger partial charge in [0.1, 0.15) is 0 Å². The maximum absolute atomic E-state index is 12.5. The van der Waals surface area contributed by atoms with E-state index in [-0.39, 0.29) is 11.5 Å². The van der Waals surface area contributed by atoms with Gasteiger partial charge in [0.25, 0.3) is 5.56 Å². The molecule has 1 saturated heterocycles. The number of amides is 1. The molecule has 148 valence electrons. The molecule has 0 spiro atoms. The fourth-order valence-electron chi connectivity index (χ4n) is 3.42. The molecule has 7 heteroatoms. The molecule has 1 amide bonds. The summed E-state index contributed by atoms with van der Waals surface area (Å²) < 4.78 is 5.48. The van der Waals surface area contributed by atoms with Crippen molar-refractivity contribution in [3.8, 4) is 0 Å². The summed E-state index contributed by atoms with van der Waals surface area (Å²) in [7, 11) is 0. The molecule has 7 nitrogen and oxygen atoms in total. The van der Waals surface area contributed by atoms with Gasteiger partial charge in [-0.1, -0.05) is 24.3 Å². The average molecular weight is 391 g/mol. The van der Waals surface area contributed by atoms with Gasteiger partial charge >= 0.3 is 5.97 Å². The van der Waals surface area contributed by atoms with Gasteiger partial charge in [-0.25, -0.2) is 9.78 Å². The number of fused-ring (bicyclic) bond motifs is 1. The minimum absolute atomic E-state index is 0.166. The average Bonchev–Trinajstić information content (AvgIpc) is 3.13. The Morgan fingerprint density at radius 3 is 2.66 bits per heavy atom. The minimum Gasteiger partial charge on any atom is -0.451 e. The second-order valence-electron chi connectivity index (χ2n) is 7.13. The number of esters is 1.